The molecular formula is C20H24FNO4. The summed E-state index contributed by atoms with van der Waals surface area (Å²) >= 11 is 0. The largest absolute Gasteiger partial charge is 0.493 e. The topological polar surface area (TPSA) is 67.8 Å². The van der Waals surface area contributed by atoms with Crippen molar-refractivity contribution < 1.29 is 23.8 Å². The van der Waals surface area contributed by atoms with Gasteiger partial charge in [0.15, 0.2) is 11.5 Å². The van der Waals surface area contributed by atoms with Crippen molar-refractivity contribution in [1.29, 1.82) is 0 Å². The zero-order valence-electron chi connectivity index (χ0n) is 15.2. The molecule has 0 fully saturated rings. The third-order valence-corrected chi connectivity index (χ3v) is 4.03. The molecule has 0 aliphatic heterocycles. The highest BCUT2D eigenvalue weighted by Gasteiger charge is 2.20. The molecule has 1 unspecified atom stereocenters. The van der Waals surface area contributed by atoms with E-state index < -0.39 is 12.0 Å². The van der Waals surface area contributed by atoms with Crippen LogP contribution in [0.3, 0.4) is 0 Å². The number of halogens is 1. The van der Waals surface area contributed by atoms with Crippen LogP contribution >= 0.6 is 0 Å². The van der Waals surface area contributed by atoms with Crippen molar-refractivity contribution in [2.45, 2.75) is 33.0 Å². The van der Waals surface area contributed by atoms with Gasteiger partial charge in [-0.2, -0.15) is 0 Å². The van der Waals surface area contributed by atoms with Crippen molar-refractivity contribution in [2.24, 2.45) is 5.92 Å². The molecule has 0 aliphatic carbocycles. The lowest BCUT2D eigenvalue weighted by Gasteiger charge is -2.18. The van der Waals surface area contributed by atoms with E-state index in [1.54, 1.807) is 30.3 Å². The van der Waals surface area contributed by atoms with Crippen LogP contribution in [0.25, 0.3) is 0 Å². The zero-order valence-corrected chi connectivity index (χ0v) is 15.2. The number of carboxylic acid groups (broad SMARTS) is 1. The lowest BCUT2D eigenvalue weighted by atomic mass is 10.0. The third-order valence-electron chi connectivity index (χ3n) is 4.03. The van der Waals surface area contributed by atoms with Crippen LogP contribution in [0.5, 0.6) is 11.5 Å². The van der Waals surface area contributed by atoms with Crippen LogP contribution in [0, 0.1) is 11.7 Å². The van der Waals surface area contributed by atoms with Crippen LogP contribution in [0.1, 0.15) is 25.0 Å². The van der Waals surface area contributed by atoms with Crippen LogP contribution in [-0.2, 0) is 17.9 Å². The molecule has 2 N–H and O–H groups in total. The number of methoxy groups -OCH3 is 1. The van der Waals surface area contributed by atoms with Gasteiger partial charge in [-0.1, -0.05) is 38.1 Å². The van der Waals surface area contributed by atoms with Crippen molar-refractivity contribution in [3.8, 4) is 11.5 Å². The van der Waals surface area contributed by atoms with Gasteiger partial charge in [-0.05, 0) is 29.7 Å². The first-order chi connectivity index (χ1) is 12.4. The Balaban J connectivity index is 2.05. The van der Waals surface area contributed by atoms with E-state index in [1.807, 2.05) is 19.9 Å². The molecule has 2 aromatic rings. The van der Waals surface area contributed by atoms with Crippen molar-refractivity contribution in [2.75, 3.05) is 7.11 Å². The van der Waals surface area contributed by atoms with E-state index in [0.717, 1.165) is 5.56 Å². The number of nitrogens with one attached hydrogen (secondary N) is 1. The van der Waals surface area contributed by atoms with Crippen molar-refractivity contribution in [1.82, 2.24) is 5.32 Å². The van der Waals surface area contributed by atoms with Crippen LogP contribution in [0.15, 0.2) is 42.5 Å². The fourth-order valence-corrected chi connectivity index (χ4v) is 2.55. The molecule has 2 aromatic carbocycles. The predicted molar refractivity (Wildman–Crippen MR) is 96.8 cm³/mol. The summed E-state index contributed by atoms with van der Waals surface area (Å²) in [6.45, 7) is 4.19. The predicted octanol–water partition coefficient (Wildman–Crippen LogP) is 3.61. The molecule has 0 saturated carbocycles. The molecule has 0 saturated heterocycles. The van der Waals surface area contributed by atoms with Crippen LogP contribution in [0.4, 0.5) is 4.39 Å². The van der Waals surface area contributed by atoms with E-state index in [0.29, 0.717) is 23.6 Å². The molecule has 140 valence electrons. The first kappa shape index (κ1) is 19.7. The smallest absolute Gasteiger partial charge is 0.320 e. The maximum atomic E-state index is 13.7. The summed E-state index contributed by atoms with van der Waals surface area (Å²) in [6.07, 6.45) is 0. The van der Waals surface area contributed by atoms with Crippen molar-refractivity contribution in [3.05, 3.63) is 59.4 Å². The second-order valence-corrected chi connectivity index (χ2v) is 6.31. The Morgan fingerprint density at radius 1 is 1.19 bits per heavy atom. The van der Waals surface area contributed by atoms with Gasteiger partial charge in [0, 0.05) is 12.1 Å². The summed E-state index contributed by atoms with van der Waals surface area (Å²) in [5.74, 6) is -0.217. The molecule has 0 radical (unpaired) electrons. The summed E-state index contributed by atoms with van der Waals surface area (Å²) < 4.78 is 24.7. The average molecular weight is 361 g/mol. The van der Waals surface area contributed by atoms with Gasteiger partial charge in [0.1, 0.15) is 18.5 Å². The molecule has 5 nitrogen and oxygen atoms in total. The van der Waals surface area contributed by atoms with E-state index in [1.165, 1.54) is 13.2 Å². The van der Waals surface area contributed by atoms with E-state index >= 15 is 0 Å². The van der Waals surface area contributed by atoms with Gasteiger partial charge in [0.05, 0.1) is 7.11 Å². The fourth-order valence-electron chi connectivity index (χ4n) is 2.55. The normalized spacial score (nSPS) is 12.0. The molecule has 0 spiro atoms. The van der Waals surface area contributed by atoms with E-state index in [4.69, 9.17) is 9.47 Å². The number of benzene rings is 2. The van der Waals surface area contributed by atoms with Crippen molar-refractivity contribution >= 4 is 5.97 Å². The van der Waals surface area contributed by atoms with Gasteiger partial charge in [0.25, 0.3) is 0 Å². The summed E-state index contributed by atoms with van der Waals surface area (Å²) in [5.41, 5.74) is 1.33. The molecule has 1 atom stereocenters. The minimum atomic E-state index is -0.878. The highest BCUT2D eigenvalue weighted by atomic mass is 19.1. The molecule has 26 heavy (non-hydrogen) atoms. The van der Waals surface area contributed by atoms with Crippen molar-refractivity contribution in [3.63, 3.8) is 0 Å². The maximum Gasteiger partial charge on any atom is 0.320 e. The minimum Gasteiger partial charge on any atom is -0.493 e. The number of hydrogen-bond donors (Lipinski definition) is 2. The van der Waals surface area contributed by atoms with Gasteiger partial charge < -0.3 is 19.9 Å². The summed E-state index contributed by atoms with van der Waals surface area (Å²) in [7, 11) is 1.52. The average Bonchev–Trinajstić information content (AvgIpc) is 2.61. The van der Waals surface area contributed by atoms with Gasteiger partial charge in [-0.25, -0.2) is 4.39 Å². The highest BCUT2D eigenvalue weighted by molar-refractivity contribution is 5.73. The monoisotopic (exact) mass is 361 g/mol. The van der Waals surface area contributed by atoms with E-state index in [-0.39, 0.29) is 18.3 Å². The Morgan fingerprint density at radius 2 is 1.92 bits per heavy atom. The Hall–Kier alpha value is -2.60. The lowest BCUT2D eigenvalue weighted by molar-refractivity contribution is -0.140. The third kappa shape index (κ3) is 5.20. The van der Waals surface area contributed by atoms with Gasteiger partial charge in [-0.15, -0.1) is 0 Å². The number of ether oxygens (including phenoxy) is 2. The molecule has 0 bridgehead atoms. The quantitative estimate of drug-likeness (QED) is 0.714. The summed E-state index contributed by atoms with van der Waals surface area (Å²) in [6, 6.07) is 11.1. The van der Waals surface area contributed by atoms with E-state index in [9.17, 15) is 14.3 Å². The molecule has 0 aliphatic rings. The van der Waals surface area contributed by atoms with Crippen LogP contribution in [-0.4, -0.2) is 24.2 Å². The summed E-state index contributed by atoms with van der Waals surface area (Å²) in [5, 5.41) is 12.3. The Bertz CT molecular complexity index is 748. The Kier molecular flexibility index (Phi) is 6.97. The van der Waals surface area contributed by atoms with E-state index in [2.05, 4.69) is 5.32 Å². The second kappa shape index (κ2) is 9.20. The number of hydrogen-bond acceptors (Lipinski definition) is 4. The highest BCUT2D eigenvalue weighted by Crippen LogP contribution is 2.29. The van der Waals surface area contributed by atoms with Crippen LogP contribution < -0.4 is 14.8 Å². The minimum absolute atomic E-state index is 0.0298. The first-order valence-corrected chi connectivity index (χ1v) is 8.41. The fraction of sp³-hybridized carbons (Fsp3) is 0.350. The zero-order chi connectivity index (χ0) is 19.1. The second-order valence-electron chi connectivity index (χ2n) is 6.31. The SMILES string of the molecule is COc1cc(CNC(C(=O)O)C(C)C)ccc1OCc1ccccc1F. The number of carbonyl (C=O) groups is 1. The molecule has 2 rings (SSSR count). The molecule has 0 aromatic heterocycles. The first-order valence-electron chi connectivity index (χ1n) is 8.41. The summed E-state index contributed by atoms with van der Waals surface area (Å²) in [4.78, 5) is 11.2. The number of rotatable bonds is 9. The molecular weight excluding hydrogens is 337 g/mol. The molecule has 6 heteroatoms. The lowest BCUT2D eigenvalue weighted by Crippen LogP contribution is -2.40. The van der Waals surface area contributed by atoms with Gasteiger partial charge in [0.2, 0.25) is 0 Å². The Morgan fingerprint density at radius 3 is 2.54 bits per heavy atom. The number of aliphatic carboxylic acids is 1. The van der Waals surface area contributed by atoms with Gasteiger partial charge in [-0.3, -0.25) is 4.79 Å². The van der Waals surface area contributed by atoms with Crippen LogP contribution in [0.2, 0.25) is 0 Å². The number of carboxylic acids is 1. The van der Waals surface area contributed by atoms with Gasteiger partial charge >= 0.3 is 5.97 Å². The standard InChI is InChI=1S/C20H24FNO4/c1-13(2)19(20(23)24)22-11-14-8-9-17(18(10-14)25-3)26-12-15-6-4-5-7-16(15)21/h4-10,13,19,22H,11-12H2,1-3H3,(H,23,24). The Labute approximate surface area is 152 Å². The maximum absolute atomic E-state index is 13.7. The molecule has 0 heterocycles. The molecule has 0 amide bonds.